The van der Waals surface area contributed by atoms with Crippen LogP contribution in [0.4, 0.5) is 0 Å². The van der Waals surface area contributed by atoms with Crippen LogP contribution in [0.3, 0.4) is 0 Å². The summed E-state index contributed by atoms with van der Waals surface area (Å²) in [5.41, 5.74) is 4.59. The standard InChI is InChI=1S/C10H20N2O3/c11-5-6-12-7-10(15)3-1-8(2-4-10)9(13)14/h8,12,15H,1-7,11H2,(H,13,14). The van der Waals surface area contributed by atoms with Crippen molar-refractivity contribution in [2.75, 3.05) is 19.6 Å². The van der Waals surface area contributed by atoms with E-state index in [4.69, 9.17) is 10.8 Å². The smallest absolute Gasteiger partial charge is 0.306 e. The molecule has 88 valence electrons. The van der Waals surface area contributed by atoms with E-state index in [0.717, 1.165) is 0 Å². The minimum atomic E-state index is -0.744. The Hall–Kier alpha value is -0.650. The molecule has 0 aromatic heterocycles. The predicted octanol–water partition coefficient (Wildman–Crippen LogP) is -0.459. The molecule has 0 unspecified atom stereocenters. The molecule has 1 rings (SSSR count). The van der Waals surface area contributed by atoms with E-state index in [1.165, 1.54) is 0 Å². The number of rotatable bonds is 5. The molecular weight excluding hydrogens is 196 g/mol. The second-order valence-corrected chi connectivity index (χ2v) is 4.30. The molecule has 15 heavy (non-hydrogen) atoms. The lowest BCUT2D eigenvalue weighted by atomic mass is 9.79. The highest BCUT2D eigenvalue weighted by atomic mass is 16.4. The fourth-order valence-corrected chi connectivity index (χ4v) is 2.00. The van der Waals surface area contributed by atoms with Gasteiger partial charge in [0.2, 0.25) is 0 Å². The molecule has 1 fully saturated rings. The Morgan fingerprint density at radius 3 is 2.53 bits per heavy atom. The molecule has 1 aliphatic rings. The zero-order valence-electron chi connectivity index (χ0n) is 8.91. The highest BCUT2D eigenvalue weighted by molar-refractivity contribution is 5.70. The molecule has 0 aromatic rings. The Balaban J connectivity index is 2.30. The summed E-state index contributed by atoms with van der Waals surface area (Å²) < 4.78 is 0. The van der Waals surface area contributed by atoms with E-state index in [1.54, 1.807) is 0 Å². The zero-order valence-corrected chi connectivity index (χ0v) is 8.91. The van der Waals surface area contributed by atoms with Gasteiger partial charge in [0.15, 0.2) is 0 Å². The maximum atomic E-state index is 10.7. The third-order valence-electron chi connectivity index (χ3n) is 3.04. The lowest BCUT2D eigenvalue weighted by molar-refractivity contribution is -0.144. The van der Waals surface area contributed by atoms with Gasteiger partial charge in [-0.25, -0.2) is 0 Å². The number of carboxylic acids is 1. The van der Waals surface area contributed by atoms with Gasteiger partial charge >= 0.3 is 5.97 Å². The van der Waals surface area contributed by atoms with Crippen molar-refractivity contribution >= 4 is 5.97 Å². The summed E-state index contributed by atoms with van der Waals surface area (Å²) in [7, 11) is 0. The Morgan fingerprint density at radius 1 is 1.47 bits per heavy atom. The molecule has 1 saturated carbocycles. The highest BCUT2D eigenvalue weighted by Crippen LogP contribution is 2.31. The summed E-state index contributed by atoms with van der Waals surface area (Å²) in [6.45, 7) is 1.75. The molecule has 0 aromatic carbocycles. The summed E-state index contributed by atoms with van der Waals surface area (Å²) in [6.07, 6.45) is 2.25. The Labute approximate surface area is 89.7 Å². The van der Waals surface area contributed by atoms with Crippen LogP contribution in [0.25, 0.3) is 0 Å². The van der Waals surface area contributed by atoms with Gasteiger partial charge in [-0.1, -0.05) is 0 Å². The quantitative estimate of drug-likeness (QED) is 0.466. The number of hydrogen-bond donors (Lipinski definition) is 4. The minimum Gasteiger partial charge on any atom is -0.481 e. The second-order valence-electron chi connectivity index (χ2n) is 4.30. The van der Waals surface area contributed by atoms with Crippen molar-refractivity contribution in [3.05, 3.63) is 0 Å². The Bertz CT molecular complexity index is 213. The van der Waals surface area contributed by atoms with Crippen molar-refractivity contribution in [3.63, 3.8) is 0 Å². The van der Waals surface area contributed by atoms with Crippen LogP contribution in [-0.2, 0) is 4.79 Å². The highest BCUT2D eigenvalue weighted by Gasteiger charge is 2.35. The Morgan fingerprint density at radius 2 is 2.07 bits per heavy atom. The van der Waals surface area contributed by atoms with Gasteiger partial charge in [-0.2, -0.15) is 0 Å². The SMILES string of the molecule is NCCNCC1(O)CCC(C(=O)O)CC1. The molecular formula is C10H20N2O3. The maximum absolute atomic E-state index is 10.7. The first kappa shape index (κ1) is 12.4. The summed E-state index contributed by atoms with van der Waals surface area (Å²) >= 11 is 0. The predicted molar refractivity (Wildman–Crippen MR) is 56.5 cm³/mol. The average molecular weight is 216 g/mol. The van der Waals surface area contributed by atoms with Gasteiger partial charge in [0.05, 0.1) is 11.5 Å². The lowest BCUT2D eigenvalue weighted by Crippen LogP contribution is -2.45. The summed E-state index contributed by atoms with van der Waals surface area (Å²) in [5, 5.41) is 22.0. The van der Waals surface area contributed by atoms with Crippen LogP contribution in [-0.4, -0.2) is 41.4 Å². The monoisotopic (exact) mass is 216 g/mol. The fourth-order valence-electron chi connectivity index (χ4n) is 2.00. The first-order valence-electron chi connectivity index (χ1n) is 5.43. The van der Waals surface area contributed by atoms with E-state index >= 15 is 0 Å². The van der Waals surface area contributed by atoms with Crippen molar-refractivity contribution in [2.24, 2.45) is 11.7 Å². The third-order valence-corrected chi connectivity index (χ3v) is 3.04. The summed E-state index contributed by atoms with van der Waals surface area (Å²) in [5.74, 6) is -1.02. The van der Waals surface area contributed by atoms with Gasteiger partial charge in [-0.3, -0.25) is 4.79 Å². The fraction of sp³-hybridized carbons (Fsp3) is 0.900. The van der Waals surface area contributed by atoms with Crippen LogP contribution in [0.1, 0.15) is 25.7 Å². The van der Waals surface area contributed by atoms with E-state index in [-0.39, 0.29) is 5.92 Å². The second kappa shape index (κ2) is 5.44. The van der Waals surface area contributed by atoms with E-state index in [9.17, 15) is 9.90 Å². The Kier molecular flexibility index (Phi) is 4.50. The van der Waals surface area contributed by atoms with Crippen LogP contribution in [0, 0.1) is 5.92 Å². The van der Waals surface area contributed by atoms with Crippen LogP contribution < -0.4 is 11.1 Å². The number of hydrogen-bond acceptors (Lipinski definition) is 4. The molecule has 1 aliphatic carbocycles. The molecule has 0 spiro atoms. The van der Waals surface area contributed by atoms with Gasteiger partial charge < -0.3 is 21.3 Å². The third kappa shape index (κ3) is 3.77. The number of carboxylic acid groups (broad SMARTS) is 1. The van der Waals surface area contributed by atoms with Gasteiger partial charge in [-0.15, -0.1) is 0 Å². The van der Waals surface area contributed by atoms with Gasteiger partial charge in [0.25, 0.3) is 0 Å². The number of aliphatic hydroxyl groups is 1. The van der Waals surface area contributed by atoms with Crippen molar-refractivity contribution < 1.29 is 15.0 Å². The molecule has 0 radical (unpaired) electrons. The van der Waals surface area contributed by atoms with Crippen LogP contribution in [0.5, 0.6) is 0 Å². The number of nitrogens with one attached hydrogen (secondary N) is 1. The molecule has 0 amide bonds. The number of aliphatic carboxylic acids is 1. The van der Waals surface area contributed by atoms with Gasteiger partial charge in [0, 0.05) is 19.6 Å². The first-order chi connectivity index (χ1) is 7.07. The lowest BCUT2D eigenvalue weighted by Gasteiger charge is -2.34. The molecule has 5 N–H and O–H groups in total. The van der Waals surface area contributed by atoms with E-state index < -0.39 is 11.6 Å². The van der Waals surface area contributed by atoms with E-state index in [1.807, 2.05) is 0 Å². The molecule has 5 nitrogen and oxygen atoms in total. The van der Waals surface area contributed by atoms with Crippen LogP contribution in [0.2, 0.25) is 0 Å². The van der Waals surface area contributed by atoms with Crippen molar-refractivity contribution in [3.8, 4) is 0 Å². The summed E-state index contributed by atoms with van der Waals surface area (Å²) in [6, 6.07) is 0. The van der Waals surface area contributed by atoms with Crippen molar-refractivity contribution in [1.29, 1.82) is 0 Å². The maximum Gasteiger partial charge on any atom is 0.306 e. The normalized spacial score (nSPS) is 31.5. The minimum absolute atomic E-state index is 0.278. The van der Waals surface area contributed by atoms with Gasteiger partial charge in [0.1, 0.15) is 0 Å². The zero-order chi connectivity index (χ0) is 11.3. The molecule has 0 bridgehead atoms. The number of nitrogens with two attached hydrogens (primary N) is 1. The number of carbonyl (C=O) groups is 1. The molecule has 5 heteroatoms. The van der Waals surface area contributed by atoms with Gasteiger partial charge in [-0.05, 0) is 25.7 Å². The topological polar surface area (TPSA) is 95.6 Å². The van der Waals surface area contributed by atoms with E-state index in [0.29, 0.717) is 45.3 Å². The average Bonchev–Trinajstić information content (AvgIpc) is 2.18. The van der Waals surface area contributed by atoms with Crippen LogP contribution >= 0.6 is 0 Å². The largest absolute Gasteiger partial charge is 0.481 e. The molecule has 0 saturated heterocycles. The van der Waals surface area contributed by atoms with Crippen molar-refractivity contribution in [1.82, 2.24) is 5.32 Å². The molecule has 0 atom stereocenters. The van der Waals surface area contributed by atoms with Crippen LogP contribution in [0.15, 0.2) is 0 Å². The van der Waals surface area contributed by atoms with E-state index in [2.05, 4.69) is 5.32 Å². The molecule has 0 aliphatic heterocycles. The molecule has 0 heterocycles. The van der Waals surface area contributed by atoms with Crippen molar-refractivity contribution in [2.45, 2.75) is 31.3 Å². The summed E-state index contributed by atoms with van der Waals surface area (Å²) in [4.78, 5) is 10.7. The first-order valence-corrected chi connectivity index (χ1v) is 5.43.